The number of rotatable bonds is 5. The number of aromatic nitrogens is 3. The van der Waals surface area contributed by atoms with Crippen molar-refractivity contribution >= 4 is 21.6 Å². The number of nitrogens with zero attached hydrogens (tertiary/aromatic N) is 3. The fourth-order valence-electron chi connectivity index (χ4n) is 2.83. The minimum atomic E-state index is -3.67. The Bertz CT molecular complexity index is 1150. The SMILES string of the molecule is CNS(=O)(=O)c1cc(C(=O)Nc2cccc(-c3nncn3C)c2)cc(C)c1C. The molecule has 0 spiro atoms. The number of benzene rings is 2. The van der Waals surface area contributed by atoms with Crippen molar-refractivity contribution in [2.75, 3.05) is 12.4 Å². The molecule has 3 aromatic rings. The van der Waals surface area contributed by atoms with E-state index >= 15 is 0 Å². The van der Waals surface area contributed by atoms with E-state index in [4.69, 9.17) is 0 Å². The van der Waals surface area contributed by atoms with Gasteiger partial charge in [0.1, 0.15) is 6.33 Å². The van der Waals surface area contributed by atoms with Crippen molar-refractivity contribution in [1.29, 1.82) is 0 Å². The zero-order valence-electron chi connectivity index (χ0n) is 16.0. The summed E-state index contributed by atoms with van der Waals surface area (Å²) in [6.45, 7) is 3.49. The number of aryl methyl sites for hydroxylation is 2. The van der Waals surface area contributed by atoms with Crippen LogP contribution in [0.3, 0.4) is 0 Å². The van der Waals surface area contributed by atoms with Crippen molar-refractivity contribution in [3.8, 4) is 11.4 Å². The molecule has 2 aromatic carbocycles. The number of hydrogen-bond donors (Lipinski definition) is 2. The Morgan fingerprint density at radius 1 is 1.14 bits per heavy atom. The fourth-order valence-corrected chi connectivity index (χ4v) is 3.90. The van der Waals surface area contributed by atoms with Crippen LogP contribution in [0.1, 0.15) is 21.5 Å². The van der Waals surface area contributed by atoms with Gasteiger partial charge in [-0.25, -0.2) is 13.1 Å². The molecular weight excluding hydrogens is 378 g/mol. The van der Waals surface area contributed by atoms with Gasteiger partial charge in [0.05, 0.1) is 4.90 Å². The van der Waals surface area contributed by atoms with Gasteiger partial charge in [0, 0.05) is 23.9 Å². The molecule has 8 nitrogen and oxygen atoms in total. The highest BCUT2D eigenvalue weighted by Gasteiger charge is 2.19. The molecule has 0 fully saturated rings. The average Bonchev–Trinajstić information content (AvgIpc) is 3.09. The molecule has 3 rings (SSSR count). The van der Waals surface area contributed by atoms with Crippen molar-refractivity contribution in [3.63, 3.8) is 0 Å². The van der Waals surface area contributed by atoms with E-state index in [1.54, 1.807) is 49.0 Å². The first kappa shape index (κ1) is 19.7. The molecule has 2 N–H and O–H groups in total. The maximum absolute atomic E-state index is 12.8. The van der Waals surface area contributed by atoms with Crippen LogP contribution in [0, 0.1) is 13.8 Å². The van der Waals surface area contributed by atoms with Crippen LogP contribution < -0.4 is 10.0 Å². The quantitative estimate of drug-likeness (QED) is 0.685. The summed E-state index contributed by atoms with van der Waals surface area (Å²) >= 11 is 0. The van der Waals surface area contributed by atoms with Crippen LogP contribution in [0.4, 0.5) is 5.69 Å². The number of sulfonamides is 1. The second-order valence-corrected chi connectivity index (χ2v) is 8.28. The van der Waals surface area contributed by atoms with Crippen LogP contribution in [0.2, 0.25) is 0 Å². The largest absolute Gasteiger partial charge is 0.322 e. The molecule has 1 heterocycles. The molecule has 0 bridgehead atoms. The molecule has 0 unspecified atom stereocenters. The lowest BCUT2D eigenvalue weighted by Gasteiger charge is -2.13. The lowest BCUT2D eigenvalue weighted by atomic mass is 10.1. The monoisotopic (exact) mass is 399 g/mol. The van der Waals surface area contributed by atoms with Crippen LogP contribution in [0.15, 0.2) is 47.6 Å². The van der Waals surface area contributed by atoms with E-state index in [9.17, 15) is 13.2 Å². The number of nitrogens with one attached hydrogen (secondary N) is 2. The summed E-state index contributed by atoms with van der Waals surface area (Å²) in [5.41, 5.74) is 2.96. The van der Waals surface area contributed by atoms with E-state index in [2.05, 4.69) is 20.2 Å². The summed E-state index contributed by atoms with van der Waals surface area (Å²) in [6.07, 6.45) is 1.60. The van der Waals surface area contributed by atoms with Gasteiger partial charge in [-0.3, -0.25) is 4.79 Å². The summed E-state index contributed by atoms with van der Waals surface area (Å²) in [5.74, 6) is 0.274. The highest BCUT2D eigenvalue weighted by molar-refractivity contribution is 7.89. The van der Waals surface area contributed by atoms with Crippen LogP contribution in [-0.2, 0) is 17.1 Å². The number of amides is 1. The lowest BCUT2D eigenvalue weighted by molar-refractivity contribution is 0.102. The Balaban J connectivity index is 1.93. The fraction of sp³-hybridized carbons (Fsp3) is 0.211. The number of anilines is 1. The van der Waals surface area contributed by atoms with Gasteiger partial charge in [-0.05, 0) is 56.3 Å². The van der Waals surface area contributed by atoms with Gasteiger partial charge in [0.15, 0.2) is 5.82 Å². The summed E-state index contributed by atoms with van der Waals surface area (Å²) < 4.78 is 28.6. The molecule has 0 saturated carbocycles. The average molecular weight is 399 g/mol. The number of carbonyl (C=O) groups excluding carboxylic acids is 1. The molecule has 0 aliphatic carbocycles. The van der Waals surface area contributed by atoms with Crippen LogP contribution in [0.25, 0.3) is 11.4 Å². The Morgan fingerprint density at radius 2 is 1.89 bits per heavy atom. The van der Waals surface area contributed by atoms with Gasteiger partial charge >= 0.3 is 0 Å². The number of hydrogen-bond acceptors (Lipinski definition) is 5. The van der Waals surface area contributed by atoms with Crippen molar-refractivity contribution in [2.45, 2.75) is 18.7 Å². The Labute approximate surface area is 163 Å². The highest BCUT2D eigenvalue weighted by atomic mass is 32.2. The third kappa shape index (κ3) is 3.80. The normalized spacial score (nSPS) is 11.4. The van der Waals surface area contributed by atoms with E-state index < -0.39 is 15.9 Å². The topological polar surface area (TPSA) is 106 Å². The second-order valence-electron chi connectivity index (χ2n) is 6.42. The van der Waals surface area contributed by atoms with Gasteiger partial charge in [0.25, 0.3) is 5.91 Å². The smallest absolute Gasteiger partial charge is 0.255 e. The summed E-state index contributed by atoms with van der Waals surface area (Å²) in [5, 5.41) is 10.7. The van der Waals surface area contributed by atoms with Crippen LogP contribution in [0.5, 0.6) is 0 Å². The van der Waals surface area contributed by atoms with Crippen molar-refractivity contribution < 1.29 is 13.2 Å². The first-order valence-electron chi connectivity index (χ1n) is 8.53. The van der Waals surface area contributed by atoms with Crippen molar-refractivity contribution in [3.05, 3.63) is 59.4 Å². The van der Waals surface area contributed by atoms with E-state index in [-0.39, 0.29) is 10.5 Å². The van der Waals surface area contributed by atoms with Gasteiger partial charge in [-0.15, -0.1) is 10.2 Å². The molecule has 0 aliphatic heterocycles. The third-order valence-electron chi connectivity index (χ3n) is 4.53. The molecule has 0 aliphatic rings. The van der Waals surface area contributed by atoms with Gasteiger partial charge in [-0.2, -0.15) is 0 Å². The Hall–Kier alpha value is -3.04. The predicted molar refractivity (Wildman–Crippen MR) is 107 cm³/mol. The molecule has 0 atom stereocenters. The lowest BCUT2D eigenvalue weighted by Crippen LogP contribution is -2.21. The molecule has 0 radical (unpaired) electrons. The molecule has 9 heteroatoms. The zero-order valence-corrected chi connectivity index (χ0v) is 16.8. The third-order valence-corrected chi connectivity index (χ3v) is 6.07. The minimum Gasteiger partial charge on any atom is -0.322 e. The first-order chi connectivity index (χ1) is 13.2. The maximum atomic E-state index is 12.8. The molecular formula is C19H21N5O3S. The van der Waals surface area contributed by atoms with E-state index in [1.165, 1.54) is 13.1 Å². The summed E-state index contributed by atoms with van der Waals surface area (Å²) in [6, 6.07) is 10.3. The molecule has 1 aromatic heterocycles. The Morgan fingerprint density at radius 3 is 2.54 bits per heavy atom. The van der Waals surface area contributed by atoms with E-state index in [0.29, 0.717) is 22.6 Å². The Kier molecular flexibility index (Phi) is 5.30. The van der Waals surface area contributed by atoms with Gasteiger partial charge < -0.3 is 9.88 Å². The van der Waals surface area contributed by atoms with Crippen molar-refractivity contribution in [1.82, 2.24) is 19.5 Å². The van der Waals surface area contributed by atoms with Crippen molar-refractivity contribution in [2.24, 2.45) is 7.05 Å². The van der Waals surface area contributed by atoms with Gasteiger partial charge in [-0.1, -0.05) is 12.1 Å². The predicted octanol–water partition coefficient (Wildman–Crippen LogP) is 2.26. The molecule has 1 amide bonds. The minimum absolute atomic E-state index is 0.0907. The highest BCUT2D eigenvalue weighted by Crippen LogP contribution is 2.23. The van der Waals surface area contributed by atoms with E-state index in [1.807, 2.05) is 13.1 Å². The van der Waals surface area contributed by atoms with E-state index in [0.717, 1.165) is 5.56 Å². The first-order valence-corrected chi connectivity index (χ1v) is 10.0. The second kappa shape index (κ2) is 7.53. The van der Waals surface area contributed by atoms with Crippen LogP contribution in [-0.4, -0.2) is 36.1 Å². The van der Waals surface area contributed by atoms with Crippen LogP contribution >= 0.6 is 0 Å². The maximum Gasteiger partial charge on any atom is 0.255 e. The molecule has 0 saturated heterocycles. The standard InChI is InChI=1S/C19H21N5O3S/c1-12-8-15(10-17(13(12)2)28(26,27)20-3)19(25)22-16-7-5-6-14(9-16)18-23-21-11-24(18)4/h5-11,20H,1-4H3,(H,22,25). The zero-order chi connectivity index (χ0) is 20.5. The molecule has 28 heavy (non-hydrogen) atoms. The summed E-state index contributed by atoms with van der Waals surface area (Å²) in [7, 11) is -0.494. The summed E-state index contributed by atoms with van der Waals surface area (Å²) in [4.78, 5) is 12.8. The molecule has 146 valence electrons. The number of carbonyl (C=O) groups is 1. The van der Waals surface area contributed by atoms with Gasteiger partial charge in [0.2, 0.25) is 10.0 Å².